The lowest BCUT2D eigenvalue weighted by molar-refractivity contribution is -0.132. The quantitative estimate of drug-likeness (QED) is 0.186. The van der Waals surface area contributed by atoms with Crippen LogP contribution in [-0.2, 0) is 15.0 Å². The first-order valence-corrected chi connectivity index (χ1v) is 12.2. The second-order valence-electron chi connectivity index (χ2n) is 10.5. The molecule has 0 spiro atoms. The fourth-order valence-corrected chi connectivity index (χ4v) is 4.93. The monoisotopic (exact) mass is 493 g/mol. The highest BCUT2D eigenvalue weighted by Crippen LogP contribution is 2.44. The van der Waals surface area contributed by atoms with Gasteiger partial charge in [-0.3, -0.25) is 14.5 Å². The lowest BCUT2D eigenvalue weighted by Crippen LogP contribution is -2.29. The maximum absolute atomic E-state index is 14.0. The molecule has 1 amide bonds. The number of Topliss-reactive ketones (excluding diaryl/α,β-unsaturated/α-hetero) is 1. The molecule has 0 bridgehead atoms. The molecule has 0 aromatic heterocycles. The minimum atomic E-state index is -0.856. The van der Waals surface area contributed by atoms with E-state index in [1.165, 1.54) is 23.1 Å². The van der Waals surface area contributed by atoms with E-state index in [0.29, 0.717) is 16.8 Å². The predicted molar refractivity (Wildman–Crippen MR) is 145 cm³/mol. The first-order chi connectivity index (χ1) is 17.6. The minimum absolute atomic E-state index is 0.0209. The first-order valence-electron chi connectivity index (χ1n) is 12.2. The summed E-state index contributed by atoms with van der Waals surface area (Å²) in [5, 5.41) is 13.1. The number of nitrogens with zero attached hydrogens (tertiary/aromatic N) is 1. The molecule has 1 N–H and O–H groups in total. The van der Waals surface area contributed by atoms with Crippen LogP contribution in [0.1, 0.15) is 49.1 Å². The van der Waals surface area contributed by atoms with Crippen LogP contribution in [0.3, 0.4) is 0 Å². The van der Waals surface area contributed by atoms with E-state index >= 15 is 0 Å². The fraction of sp³-hybridized carbons (Fsp3) is 0.188. The Morgan fingerprint density at radius 2 is 1.57 bits per heavy atom. The third kappa shape index (κ3) is 4.20. The van der Waals surface area contributed by atoms with Gasteiger partial charge in [0.05, 0.1) is 17.3 Å². The number of carbonyl (C=O) groups excluding carboxylic acids is 2. The van der Waals surface area contributed by atoms with Crippen molar-refractivity contribution < 1.29 is 19.1 Å². The van der Waals surface area contributed by atoms with E-state index in [2.05, 4.69) is 20.8 Å². The summed E-state index contributed by atoms with van der Waals surface area (Å²) in [7, 11) is 0. The van der Waals surface area contributed by atoms with Gasteiger partial charge in [0, 0.05) is 10.9 Å². The third-order valence-corrected chi connectivity index (χ3v) is 6.99. The molecule has 4 aromatic carbocycles. The minimum Gasteiger partial charge on any atom is -0.507 e. The summed E-state index contributed by atoms with van der Waals surface area (Å²) in [6, 6.07) is 24.3. The van der Waals surface area contributed by atoms with Gasteiger partial charge in [-0.05, 0) is 58.7 Å². The second-order valence-corrected chi connectivity index (χ2v) is 10.5. The van der Waals surface area contributed by atoms with Gasteiger partial charge in [0.15, 0.2) is 0 Å². The number of aliphatic hydroxyl groups is 1. The van der Waals surface area contributed by atoms with Crippen LogP contribution in [0.25, 0.3) is 16.5 Å². The molecule has 1 fully saturated rings. The molecule has 0 radical (unpaired) electrons. The third-order valence-electron chi connectivity index (χ3n) is 6.99. The Hall–Kier alpha value is -4.25. The highest BCUT2D eigenvalue weighted by atomic mass is 19.1. The van der Waals surface area contributed by atoms with Crippen molar-refractivity contribution in [3.8, 4) is 0 Å². The van der Waals surface area contributed by atoms with Gasteiger partial charge in [0.1, 0.15) is 11.6 Å². The van der Waals surface area contributed by atoms with Gasteiger partial charge >= 0.3 is 0 Å². The van der Waals surface area contributed by atoms with Crippen LogP contribution >= 0.6 is 0 Å². The van der Waals surface area contributed by atoms with Crippen molar-refractivity contribution in [2.45, 2.75) is 39.2 Å². The molecule has 4 nitrogen and oxygen atoms in total. The molecule has 1 unspecified atom stereocenters. The van der Waals surface area contributed by atoms with Crippen LogP contribution < -0.4 is 4.90 Å². The van der Waals surface area contributed by atoms with E-state index < -0.39 is 23.5 Å². The number of rotatable bonds is 3. The number of halogens is 1. The van der Waals surface area contributed by atoms with Gasteiger partial charge in [0.25, 0.3) is 11.7 Å². The molecule has 5 rings (SSSR count). The number of carbonyl (C=O) groups is 2. The Kier molecular flexibility index (Phi) is 5.95. The van der Waals surface area contributed by atoms with Gasteiger partial charge in [0.2, 0.25) is 0 Å². The number of aliphatic hydroxyl groups excluding tert-OH is 1. The fourth-order valence-electron chi connectivity index (χ4n) is 4.93. The van der Waals surface area contributed by atoms with Crippen molar-refractivity contribution in [2.75, 3.05) is 4.90 Å². The Bertz CT molecular complexity index is 1570. The molecular formula is C32H28FNO3. The summed E-state index contributed by atoms with van der Waals surface area (Å²) in [5.74, 6) is -2.24. The molecule has 0 aliphatic carbocycles. The first kappa shape index (κ1) is 24.4. The molecule has 0 saturated carbocycles. The van der Waals surface area contributed by atoms with Crippen LogP contribution in [0.4, 0.5) is 10.1 Å². The Morgan fingerprint density at radius 1 is 0.892 bits per heavy atom. The van der Waals surface area contributed by atoms with Gasteiger partial charge < -0.3 is 5.11 Å². The molecule has 1 atom stereocenters. The topological polar surface area (TPSA) is 57.6 Å². The zero-order valence-electron chi connectivity index (χ0n) is 21.2. The standard InChI is InChI=1S/C32H28FNO3/c1-19-18-22(14-17-25(19)33)29(35)27-28(21-12-15-23(16-13-21)32(2,3)4)34(31(37)30(27)36)26-11-7-9-20-8-5-6-10-24(20)26/h5-18,28,35H,1-4H3/b29-27+. The SMILES string of the molecule is Cc1cc(/C(O)=C2\C(=O)C(=O)N(c3cccc4ccccc34)C2c2ccc(C(C)(C)C)cc2)ccc1F. The van der Waals surface area contributed by atoms with Crippen LogP contribution in [0.2, 0.25) is 0 Å². The summed E-state index contributed by atoms with van der Waals surface area (Å²) in [6.45, 7) is 7.92. The van der Waals surface area contributed by atoms with Gasteiger partial charge in [-0.2, -0.15) is 0 Å². The van der Waals surface area contributed by atoms with Gasteiger partial charge in [-0.15, -0.1) is 0 Å². The van der Waals surface area contributed by atoms with Crippen molar-refractivity contribution in [3.63, 3.8) is 0 Å². The van der Waals surface area contributed by atoms with E-state index in [1.54, 1.807) is 6.92 Å². The largest absolute Gasteiger partial charge is 0.507 e. The predicted octanol–water partition coefficient (Wildman–Crippen LogP) is 7.21. The Morgan fingerprint density at radius 3 is 2.24 bits per heavy atom. The van der Waals surface area contributed by atoms with Crippen molar-refractivity contribution in [2.24, 2.45) is 0 Å². The van der Waals surface area contributed by atoms with E-state index in [9.17, 15) is 19.1 Å². The second kappa shape index (κ2) is 9.00. The van der Waals surface area contributed by atoms with E-state index in [4.69, 9.17) is 0 Å². The number of hydrogen-bond donors (Lipinski definition) is 1. The van der Waals surface area contributed by atoms with Crippen LogP contribution in [0, 0.1) is 12.7 Å². The van der Waals surface area contributed by atoms with E-state index in [-0.39, 0.29) is 22.3 Å². The Balaban J connectivity index is 1.76. The molecule has 4 aromatic rings. The average molecular weight is 494 g/mol. The van der Waals surface area contributed by atoms with E-state index in [1.807, 2.05) is 66.7 Å². The number of aryl methyl sites for hydroxylation is 1. The van der Waals surface area contributed by atoms with Crippen molar-refractivity contribution in [1.29, 1.82) is 0 Å². The number of benzene rings is 4. The van der Waals surface area contributed by atoms with Gasteiger partial charge in [-0.25, -0.2) is 4.39 Å². The molecule has 5 heteroatoms. The highest BCUT2D eigenvalue weighted by Gasteiger charge is 2.47. The molecule has 186 valence electrons. The van der Waals surface area contributed by atoms with Crippen LogP contribution in [0.15, 0.2) is 90.5 Å². The smallest absolute Gasteiger partial charge is 0.300 e. The highest BCUT2D eigenvalue weighted by molar-refractivity contribution is 6.52. The Labute approximate surface area is 215 Å². The molecule has 1 aliphatic heterocycles. The zero-order chi connectivity index (χ0) is 26.5. The van der Waals surface area contributed by atoms with Crippen molar-refractivity contribution in [3.05, 3.63) is 119 Å². The number of ketones is 1. The zero-order valence-corrected chi connectivity index (χ0v) is 21.2. The lowest BCUT2D eigenvalue weighted by Gasteiger charge is -2.27. The molecular weight excluding hydrogens is 465 g/mol. The summed E-state index contributed by atoms with van der Waals surface area (Å²) < 4.78 is 14.0. The number of anilines is 1. The van der Waals surface area contributed by atoms with Crippen molar-refractivity contribution >= 4 is 33.9 Å². The van der Waals surface area contributed by atoms with Gasteiger partial charge in [-0.1, -0.05) is 81.4 Å². The molecule has 1 saturated heterocycles. The van der Waals surface area contributed by atoms with Crippen LogP contribution in [0.5, 0.6) is 0 Å². The molecule has 1 aliphatic rings. The summed E-state index contributed by atoms with van der Waals surface area (Å²) in [5.41, 5.74) is 2.89. The lowest BCUT2D eigenvalue weighted by atomic mass is 9.85. The van der Waals surface area contributed by atoms with Crippen molar-refractivity contribution in [1.82, 2.24) is 0 Å². The van der Waals surface area contributed by atoms with Crippen LogP contribution in [-0.4, -0.2) is 16.8 Å². The molecule has 1 heterocycles. The average Bonchev–Trinajstić information content (AvgIpc) is 3.14. The maximum Gasteiger partial charge on any atom is 0.300 e. The summed E-state index contributed by atoms with van der Waals surface area (Å²) >= 11 is 0. The number of hydrogen-bond acceptors (Lipinski definition) is 3. The number of amides is 1. The maximum atomic E-state index is 14.0. The summed E-state index contributed by atoms with van der Waals surface area (Å²) in [4.78, 5) is 28.6. The number of fused-ring (bicyclic) bond motifs is 1. The molecule has 37 heavy (non-hydrogen) atoms. The summed E-state index contributed by atoms with van der Waals surface area (Å²) in [6.07, 6.45) is 0. The van der Waals surface area contributed by atoms with E-state index in [0.717, 1.165) is 16.3 Å². The normalized spacial score (nSPS) is 17.5.